The van der Waals surface area contributed by atoms with Gasteiger partial charge in [0.25, 0.3) is 5.91 Å². The molecule has 2 aliphatic rings. The molecule has 1 saturated carbocycles. The Labute approximate surface area is 183 Å². The molecule has 3 atom stereocenters. The standard InChI is InChI=1S/C22H23N7OS/c1-28-10-16(7-25-28)15-6-24-21-18(9-26-29(21)11-15)14-4-20(31-12-14)22(30)27-19-3-2-13-5-23-8-17(13)19/h4,6-7,9-13,17,19,23H,2-3,5,8H2,1H3,(H,27,30). The van der Waals surface area contributed by atoms with E-state index < -0.39 is 0 Å². The number of rotatable bonds is 4. The van der Waals surface area contributed by atoms with E-state index in [-0.39, 0.29) is 11.9 Å². The Bertz CT molecular complexity index is 1270. The van der Waals surface area contributed by atoms with Crippen LogP contribution >= 0.6 is 11.3 Å². The van der Waals surface area contributed by atoms with Gasteiger partial charge in [-0.15, -0.1) is 11.3 Å². The van der Waals surface area contributed by atoms with Crippen LogP contribution in [0.15, 0.2) is 42.4 Å². The fraction of sp³-hybridized carbons (Fsp3) is 0.364. The minimum atomic E-state index is 0.0251. The van der Waals surface area contributed by atoms with E-state index in [2.05, 4.69) is 25.8 Å². The first-order chi connectivity index (χ1) is 15.2. The van der Waals surface area contributed by atoms with Gasteiger partial charge in [-0.2, -0.15) is 10.2 Å². The van der Waals surface area contributed by atoms with Gasteiger partial charge in [0, 0.05) is 54.9 Å². The maximum Gasteiger partial charge on any atom is 0.261 e. The van der Waals surface area contributed by atoms with E-state index in [1.54, 1.807) is 9.20 Å². The molecule has 0 bridgehead atoms. The summed E-state index contributed by atoms with van der Waals surface area (Å²) in [7, 11) is 1.89. The van der Waals surface area contributed by atoms with Gasteiger partial charge < -0.3 is 10.6 Å². The fourth-order valence-corrected chi connectivity index (χ4v) is 5.77. The number of aromatic nitrogens is 5. The third kappa shape index (κ3) is 3.24. The molecule has 2 fully saturated rings. The summed E-state index contributed by atoms with van der Waals surface area (Å²) in [5.41, 5.74) is 4.62. The molecular weight excluding hydrogens is 410 g/mol. The van der Waals surface area contributed by atoms with Gasteiger partial charge in [-0.05, 0) is 48.2 Å². The molecule has 3 unspecified atom stereocenters. The minimum absolute atomic E-state index is 0.0251. The van der Waals surface area contributed by atoms with Crippen LogP contribution in [0.4, 0.5) is 0 Å². The Morgan fingerprint density at radius 2 is 2.03 bits per heavy atom. The van der Waals surface area contributed by atoms with Crippen molar-refractivity contribution in [2.45, 2.75) is 18.9 Å². The zero-order valence-corrected chi connectivity index (χ0v) is 18.0. The van der Waals surface area contributed by atoms with Crippen molar-refractivity contribution >= 4 is 22.9 Å². The summed E-state index contributed by atoms with van der Waals surface area (Å²) in [6, 6.07) is 2.23. The number of nitrogens with zero attached hydrogens (tertiary/aromatic N) is 5. The highest BCUT2D eigenvalue weighted by atomic mass is 32.1. The Balaban J connectivity index is 1.23. The van der Waals surface area contributed by atoms with E-state index in [1.165, 1.54) is 17.8 Å². The van der Waals surface area contributed by atoms with E-state index in [0.29, 0.717) is 11.8 Å². The molecule has 0 radical (unpaired) electrons. The highest BCUT2D eigenvalue weighted by molar-refractivity contribution is 7.12. The lowest BCUT2D eigenvalue weighted by atomic mass is 9.98. The molecule has 9 heteroatoms. The lowest BCUT2D eigenvalue weighted by molar-refractivity contribution is 0.0932. The van der Waals surface area contributed by atoms with Crippen molar-refractivity contribution in [3.05, 3.63) is 47.3 Å². The third-order valence-corrected chi connectivity index (χ3v) is 7.53. The van der Waals surface area contributed by atoms with Crippen LogP contribution in [-0.4, -0.2) is 49.4 Å². The van der Waals surface area contributed by atoms with Crippen molar-refractivity contribution in [3.8, 4) is 22.3 Å². The van der Waals surface area contributed by atoms with E-state index >= 15 is 0 Å². The third-order valence-electron chi connectivity index (χ3n) is 6.60. The minimum Gasteiger partial charge on any atom is -0.348 e. The zero-order chi connectivity index (χ0) is 20.9. The number of hydrogen-bond acceptors (Lipinski definition) is 6. The van der Waals surface area contributed by atoms with E-state index in [4.69, 9.17) is 0 Å². The average molecular weight is 434 g/mol. The fourth-order valence-electron chi connectivity index (χ4n) is 4.96. The second-order valence-corrected chi connectivity index (χ2v) is 9.42. The predicted octanol–water partition coefficient (Wildman–Crippen LogP) is 2.59. The zero-order valence-electron chi connectivity index (χ0n) is 17.2. The SMILES string of the molecule is Cn1cc(-c2cnc3c(-c4csc(C(=O)NC5CCC6CNCC65)c4)cnn3c2)cn1. The lowest BCUT2D eigenvalue weighted by Gasteiger charge is -2.18. The lowest BCUT2D eigenvalue weighted by Crippen LogP contribution is -2.39. The first-order valence-electron chi connectivity index (χ1n) is 10.6. The van der Waals surface area contributed by atoms with Gasteiger partial charge in [-0.1, -0.05) is 0 Å². The Morgan fingerprint density at radius 1 is 1.13 bits per heavy atom. The number of amides is 1. The van der Waals surface area contributed by atoms with Gasteiger partial charge in [0.05, 0.1) is 17.3 Å². The largest absolute Gasteiger partial charge is 0.348 e. The van der Waals surface area contributed by atoms with Gasteiger partial charge >= 0.3 is 0 Å². The number of thiophene rings is 1. The summed E-state index contributed by atoms with van der Waals surface area (Å²) in [5, 5.41) is 17.4. The molecular formula is C22H23N7OS. The molecule has 158 valence electrons. The molecule has 1 amide bonds. The van der Waals surface area contributed by atoms with Crippen LogP contribution in [0.5, 0.6) is 0 Å². The van der Waals surface area contributed by atoms with Crippen LogP contribution < -0.4 is 10.6 Å². The first kappa shape index (κ1) is 18.7. The summed E-state index contributed by atoms with van der Waals surface area (Å²) in [4.78, 5) is 18.2. The topological polar surface area (TPSA) is 89.1 Å². The summed E-state index contributed by atoms with van der Waals surface area (Å²) in [6.45, 7) is 2.10. The van der Waals surface area contributed by atoms with Crippen LogP contribution in [0.25, 0.3) is 27.9 Å². The van der Waals surface area contributed by atoms with E-state index in [1.807, 2.05) is 49.5 Å². The smallest absolute Gasteiger partial charge is 0.261 e. The van der Waals surface area contributed by atoms with E-state index in [9.17, 15) is 4.79 Å². The Kier molecular flexibility index (Phi) is 4.39. The summed E-state index contributed by atoms with van der Waals surface area (Å²) in [6.07, 6.45) is 11.6. The average Bonchev–Trinajstić information content (AvgIpc) is 3.56. The van der Waals surface area contributed by atoms with Crippen molar-refractivity contribution < 1.29 is 4.79 Å². The maximum absolute atomic E-state index is 12.9. The second-order valence-electron chi connectivity index (χ2n) is 8.51. The highest BCUT2D eigenvalue weighted by Gasteiger charge is 2.39. The van der Waals surface area contributed by atoms with Crippen molar-refractivity contribution in [1.29, 1.82) is 0 Å². The normalized spacial score (nSPS) is 22.8. The highest BCUT2D eigenvalue weighted by Crippen LogP contribution is 2.35. The van der Waals surface area contributed by atoms with Crippen molar-refractivity contribution in [1.82, 2.24) is 35.0 Å². The van der Waals surface area contributed by atoms with Gasteiger partial charge in [0.2, 0.25) is 0 Å². The summed E-state index contributed by atoms with van der Waals surface area (Å²) >= 11 is 1.47. The van der Waals surface area contributed by atoms with Crippen LogP contribution in [0, 0.1) is 11.8 Å². The maximum atomic E-state index is 12.9. The number of carbonyl (C=O) groups is 1. The number of hydrogen-bond donors (Lipinski definition) is 2. The molecule has 5 heterocycles. The Hall–Kier alpha value is -3.04. The molecule has 31 heavy (non-hydrogen) atoms. The van der Waals surface area contributed by atoms with Gasteiger partial charge in [-0.25, -0.2) is 9.50 Å². The monoisotopic (exact) mass is 433 g/mol. The molecule has 0 aromatic carbocycles. The number of nitrogens with one attached hydrogen (secondary N) is 2. The Morgan fingerprint density at radius 3 is 2.90 bits per heavy atom. The van der Waals surface area contributed by atoms with Crippen LogP contribution in [0.2, 0.25) is 0 Å². The van der Waals surface area contributed by atoms with Crippen LogP contribution in [0.3, 0.4) is 0 Å². The quantitative estimate of drug-likeness (QED) is 0.516. The number of fused-ring (bicyclic) bond motifs is 2. The van der Waals surface area contributed by atoms with Gasteiger partial charge in [-0.3, -0.25) is 9.48 Å². The first-order valence-corrected chi connectivity index (χ1v) is 11.5. The molecule has 0 spiro atoms. The molecule has 1 saturated heterocycles. The molecule has 4 aromatic heterocycles. The molecule has 1 aliphatic carbocycles. The molecule has 6 rings (SSSR count). The van der Waals surface area contributed by atoms with Crippen molar-refractivity contribution in [2.24, 2.45) is 18.9 Å². The van der Waals surface area contributed by atoms with Crippen molar-refractivity contribution in [2.75, 3.05) is 13.1 Å². The van der Waals surface area contributed by atoms with Crippen molar-refractivity contribution in [3.63, 3.8) is 0 Å². The van der Waals surface area contributed by atoms with Gasteiger partial charge in [0.15, 0.2) is 5.65 Å². The predicted molar refractivity (Wildman–Crippen MR) is 119 cm³/mol. The van der Waals surface area contributed by atoms with E-state index in [0.717, 1.165) is 52.3 Å². The molecule has 1 aliphatic heterocycles. The molecule has 4 aromatic rings. The van der Waals surface area contributed by atoms with Crippen LogP contribution in [-0.2, 0) is 7.05 Å². The summed E-state index contributed by atoms with van der Waals surface area (Å²) < 4.78 is 3.54. The molecule has 2 N–H and O–H groups in total. The molecule has 8 nitrogen and oxygen atoms in total. The number of carbonyl (C=O) groups excluding carboxylic acids is 1. The second kappa shape index (κ2) is 7.28. The number of aryl methyl sites for hydroxylation is 1. The van der Waals surface area contributed by atoms with Gasteiger partial charge in [0.1, 0.15) is 0 Å². The van der Waals surface area contributed by atoms with Crippen LogP contribution in [0.1, 0.15) is 22.5 Å². The summed E-state index contributed by atoms with van der Waals surface area (Å²) in [5.74, 6) is 1.31.